The van der Waals surface area contributed by atoms with Crippen molar-refractivity contribution in [2.24, 2.45) is 28.8 Å². The number of fused-ring (bicyclic) bond motifs is 3. The Labute approximate surface area is 226 Å². The molecule has 2 saturated carbocycles. The van der Waals surface area contributed by atoms with Crippen LogP contribution in [-0.4, -0.2) is 29.2 Å². The molecule has 2 bridgehead atoms. The monoisotopic (exact) mass is 534 g/mol. The number of hydrazone groups is 1. The summed E-state index contributed by atoms with van der Waals surface area (Å²) >= 11 is 12.2. The van der Waals surface area contributed by atoms with E-state index in [1.54, 1.807) is 0 Å². The fourth-order valence-corrected chi connectivity index (χ4v) is 6.57. The number of nitrogens with zero attached hydrogens (tertiary/aromatic N) is 2. The predicted octanol–water partition coefficient (Wildman–Crippen LogP) is 6.87. The minimum atomic E-state index is -0.306. The number of rotatable bonds is 5. The highest BCUT2D eigenvalue weighted by atomic mass is 35.5. The van der Waals surface area contributed by atoms with Crippen molar-refractivity contribution in [1.82, 2.24) is 5.01 Å². The van der Waals surface area contributed by atoms with E-state index >= 15 is 0 Å². The number of amides is 1. The Balaban J connectivity index is 1.26. The van der Waals surface area contributed by atoms with Gasteiger partial charge in [0.1, 0.15) is 0 Å². The lowest BCUT2D eigenvalue weighted by atomic mass is 9.77. The normalized spacial score (nSPS) is 28.9. The van der Waals surface area contributed by atoms with Gasteiger partial charge in [0.15, 0.2) is 6.61 Å². The molecule has 0 N–H and O–H groups in total. The third kappa shape index (κ3) is 4.87. The lowest BCUT2D eigenvalue weighted by Crippen LogP contribution is -2.35. The topological polar surface area (TPSA) is 59.0 Å². The van der Waals surface area contributed by atoms with Gasteiger partial charge in [0.25, 0.3) is 5.91 Å². The number of hydrogen-bond donors (Lipinski definition) is 0. The molecule has 2 aromatic carbocycles. The van der Waals surface area contributed by atoms with Crippen LogP contribution in [0.1, 0.15) is 49.3 Å². The zero-order valence-electron chi connectivity index (χ0n) is 20.4. The van der Waals surface area contributed by atoms with Crippen LogP contribution in [0.5, 0.6) is 0 Å². The summed E-state index contributed by atoms with van der Waals surface area (Å²) in [5.74, 6) is 0.0389. The van der Waals surface area contributed by atoms with Crippen molar-refractivity contribution in [3.63, 3.8) is 0 Å². The minimum absolute atomic E-state index is 0.0591. The first-order valence-corrected chi connectivity index (χ1v) is 13.7. The Morgan fingerprint density at radius 3 is 2.41 bits per heavy atom. The number of carbonyl (C=O) groups excluding carboxylic acids is 2. The number of benzene rings is 2. The van der Waals surface area contributed by atoms with E-state index in [1.165, 1.54) is 5.01 Å². The average molecular weight is 535 g/mol. The molecule has 0 spiro atoms. The largest absolute Gasteiger partial charge is 0.455 e. The number of esters is 1. The quantitative estimate of drug-likeness (QED) is 0.310. The van der Waals surface area contributed by atoms with Crippen LogP contribution in [-0.2, 0) is 14.3 Å². The van der Waals surface area contributed by atoms with Gasteiger partial charge in [0.2, 0.25) is 0 Å². The third-order valence-electron chi connectivity index (χ3n) is 8.10. The summed E-state index contributed by atoms with van der Waals surface area (Å²) in [6, 6.07) is 15.0. The van der Waals surface area contributed by atoms with Crippen LogP contribution >= 0.6 is 23.2 Å². The van der Waals surface area contributed by atoms with Crippen LogP contribution in [0, 0.1) is 23.7 Å². The number of ether oxygens (including phenoxy) is 1. The molecular weight excluding hydrogens is 507 g/mol. The first-order valence-electron chi connectivity index (χ1n) is 12.9. The van der Waals surface area contributed by atoms with Crippen molar-refractivity contribution in [3.8, 4) is 0 Å². The molecule has 0 unspecified atom stereocenters. The summed E-state index contributed by atoms with van der Waals surface area (Å²) in [4.78, 5) is 26.3. The zero-order valence-corrected chi connectivity index (χ0v) is 21.9. The fourth-order valence-electron chi connectivity index (χ4n) is 6.32. The van der Waals surface area contributed by atoms with Crippen molar-refractivity contribution >= 4 is 46.9 Å². The lowest BCUT2D eigenvalue weighted by Gasteiger charge is -2.29. The molecule has 2 fully saturated rings. The van der Waals surface area contributed by atoms with E-state index in [-0.39, 0.29) is 42.3 Å². The second kappa shape index (κ2) is 10.1. The van der Waals surface area contributed by atoms with E-state index in [0.29, 0.717) is 16.0 Å². The van der Waals surface area contributed by atoms with Crippen molar-refractivity contribution in [2.45, 2.75) is 38.1 Å². The standard InChI is InChI=1S/C30H28Cl2N2O3/c31-23-10-5-18(6-11-23)14-22-2-1-3-25-28(22)33-34(29(25)20-8-12-24(32)13-9-20)27(35)17-37-30(36)26-16-19-4-7-21(26)15-19/h4-14,19,21,25-26,29H,1-3,15-17H2/b22-14-/t19-,21-,25+,26-,29+/m1/s1. The van der Waals surface area contributed by atoms with Crippen LogP contribution in [0.25, 0.3) is 6.08 Å². The molecule has 0 radical (unpaired) electrons. The van der Waals surface area contributed by atoms with E-state index in [0.717, 1.165) is 54.5 Å². The van der Waals surface area contributed by atoms with Crippen LogP contribution in [0.3, 0.4) is 0 Å². The number of halogens is 2. The molecule has 7 heteroatoms. The smallest absolute Gasteiger partial charge is 0.310 e. The molecule has 0 saturated heterocycles. The molecule has 1 amide bonds. The van der Waals surface area contributed by atoms with Crippen LogP contribution in [0.4, 0.5) is 0 Å². The number of hydrogen-bond acceptors (Lipinski definition) is 4. The van der Waals surface area contributed by atoms with Gasteiger partial charge in [-0.25, -0.2) is 5.01 Å². The lowest BCUT2D eigenvalue weighted by molar-refractivity contribution is -0.157. The van der Waals surface area contributed by atoms with Gasteiger partial charge in [-0.2, -0.15) is 5.10 Å². The molecule has 5 atom stereocenters. The molecule has 1 heterocycles. The average Bonchev–Trinajstić information content (AvgIpc) is 3.64. The molecule has 5 nitrogen and oxygen atoms in total. The van der Waals surface area contributed by atoms with Gasteiger partial charge in [-0.3, -0.25) is 9.59 Å². The molecule has 0 aromatic heterocycles. The van der Waals surface area contributed by atoms with Gasteiger partial charge < -0.3 is 4.74 Å². The summed E-state index contributed by atoms with van der Waals surface area (Å²) in [5.41, 5.74) is 4.07. The van der Waals surface area contributed by atoms with Crippen molar-refractivity contribution < 1.29 is 14.3 Å². The summed E-state index contributed by atoms with van der Waals surface area (Å²) in [6.45, 7) is -0.305. The van der Waals surface area contributed by atoms with E-state index < -0.39 is 0 Å². The van der Waals surface area contributed by atoms with Crippen LogP contribution in [0.2, 0.25) is 10.0 Å². The Morgan fingerprint density at radius 2 is 1.73 bits per heavy atom. The second-order valence-electron chi connectivity index (χ2n) is 10.4. The van der Waals surface area contributed by atoms with Crippen molar-refractivity contribution in [1.29, 1.82) is 0 Å². The highest BCUT2D eigenvalue weighted by Crippen LogP contribution is 2.45. The maximum Gasteiger partial charge on any atom is 0.310 e. The predicted molar refractivity (Wildman–Crippen MR) is 145 cm³/mol. The summed E-state index contributed by atoms with van der Waals surface area (Å²) in [5, 5.41) is 7.74. The fraction of sp³-hybridized carbons (Fsp3) is 0.367. The Morgan fingerprint density at radius 1 is 1.00 bits per heavy atom. The Kier molecular flexibility index (Phi) is 6.68. The molecular formula is C30H28Cl2N2O3. The maximum absolute atomic E-state index is 13.5. The van der Waals surface area contributed by atoms with E-state index in [4.69, 9.17) is 33.0 Å². The zero-order chi connectivity index (χ0) is 25.5. The van der Waals surface area contributed by atoms with Gasteiger partial charge in [0, 0.05) is 16.0 Å². The van der Waals surface area contributed by atoms with Gasteiger partial charge in [-0.1, -0.05) is 59.6 Å². The van der Waals surface area contributed by atoms with E-state index in [2.05, 4.69) is 18.2 Å². The van der Waals surface area contributed by atoms with Gasteiger partial charge in [-0.15, -0.1) is 0 Å². The molecule has 6 rings (SSSR count). The second-order valence-corrected chi connectivity index (χ2v) is 11.3. The van der Waals surface area contributed by atoms with Crippen molar-refractivity contribution in [2.75, 3.05) is 6.61 Å². The Bertz CT molecular complexity index is 1300. The van der Waals surface area contributed by atoms with Crippen LogP contribution < -0.4 is 0 Å². The highest BCUT2D eigenvalue weighted by molar-refractivity contribution is 6.30. The maximum atomic E-state index is 13.5. The molecule has 1 aliphatic heterocycles. The minimum Gasteiger partial charge on any atom is -0.455 e. The number of carbonyl (C=O) groups is 2. The number of allylic oxidation sites excluding steroid dienone is 3. The summed E-state index contributed by atoms with van der Waals surface area (Å²) in [6.07, 6.45) is 11.1. The first-order chi connectivity index (χ1) is 18.0. The third-order valence-corrected chi connectivity index (χ3v) is 8.60. The molecule has 3 aliphatic carbocycles. The highest BCUT2D eigenvalue weighted by Gasteiger charge is 2.45. The van der Waals surface area contributed by atoms with Gasteiger partial charge >= 0.3 is 5.97 Å². The van der Waals surface area contributed by atoms with E-state index in [9.17, 15) is 9.59 Å². The van der Waals surface area contributed by atoms with E-state index in [1.807, 2.05) is 48.5 Å². The van der Waals surface area contributed by atoms with Gasteiger partial charge in [-0.05, 0) is 91.0 Å². The van der Waals surface area contributed by atoms with Crippen LogP contribution in [0.15, 0.2) is 71.4 Å². The molecule has 4 aliphatic rings. The molecule has 37 heavy (non-hydrogen) atoms. The van der Waals surface area contributed by atoms with Crippen molar-refractivity contribution in [3.05, 3.63) is 87.4 Å². The summed E-state index contributed by atoms with van der Waals surface area (Å²) in [7, 11) is 0. The SMILES string of the molecule is O=C(OCC(=O)N1N=C2/C(=C\c3ccc(Cl)cc3)CCC[C@@H]2[C@@H]1c1ccc(Cl)cc1)[C@@H]1C[C@@H]2C=C[C@@H]1C2. The summed E-state index contributed by atoms with van der Waals surface area (Å²) < 4.78 is 5.56. The molecule has 190 valence electrons. The van der Waals surface area contributed by atoms with Gasteiger partial charge in [0.05, 0.1) is 17.7 Å². The first kappa shape index (κ1) is 24.4. The molecule has 2 aromatic rings. The Hall–Kier alpha value is -2.89.